The SMILES string of the molecule is Cc1ccc(-c2ccccc2NC(=O)c2csc(C3CCNCC3)n2)cc1. The van der Waals surface area contributed by atoms with E-state index in [1.54, 1.807) is 11.3 Å². The average molecular weight is 378 g/mol. The predicted molar refractivity (Wildman–Crippen MR) is 112 cm³/mol. The van der Waals surface area contributed by atoms with Crippen molar-refractivity contribution in [2.24, 2.45) is 0 Å². The van der Waals surface area contributed by atoms with Crippen LogP contribution in [0.2, 0.25) is 0 Å². The third kappa shape index (κ3) is 4.10. The summed E-state index contributed by atoms with van der Waals surface area (Å²) in [5.41, 5.74) is 4.63. The molecule has 5 heteroatoms. The maximum atomic E-state index is 12.8. The molecule has 4 nitrogen and oxygen atoms in total. The van der Waals surface area contributed by atoms with Crippen molar-refractivity contribution in [1.29, 1.82) is 0 Å². The van der Waals surface area contributed by atoms with Crippen molar-refractivity contribution in [3.8, 4) is 11.1 Å². The molecular weight excluding hydrogens is 354 g/mol. The Balaban J connectivity index is 1.53. The molecule has 0 unspecified atom stereocenters. The molecule has 0 atom stereocenters. The fourth-order valence-corrected chi connectivity index (χ4v) is 4.38. The van der Waals surface area contributed by atoms with Crippen molar-refractivity contribution in [2.45, 2.75) is 25.7 Å². The van der Waals surface area contributed by atoms with Crippen LogP contribution in [0, 0.1) is 6.92 Å². The summed E-state index contributed by atoms with van der Waals surface area (Å²) in [6, 6.07) is 16.2. The number of aromatic nitrogens is 1. The normalized spacial score (nSPS) is 14.9. The van der Waals surface area contributed by atoms with Crippen LogP contribution >= 0.6 is 11.3 Å². The van der Waals surface area contributed by atoms with Crippen molar-refractivity contribution in [3.05, 3.63) is 70.2 Å². The number of aryl methyl sites for hydroxylation is 1. The van der Waals surface area contributed by atoms with Gasteiger partial charge in [0.1, 0.15) is 5.69 Å². The Morgan fingerprint density at radius 1 is 1.11 bits per heavy atom. The van der Waals surface area contributed by atoms with Gasteiger partial charge in [0, 0.05) is 22.5 Å². The zero-order valence-corrected chi connectivity index (χ0v) is 16.2. The largest absolute Gasteiger partial charge is 0.320 e. The number of amides is 1. The van der Waals surface area contributed by atoms with Gasteiger partial charge in [-0.05, 0) is 44.5 Å². The molecule has 1 aliphatic heterocycles. The first kappa shape index (κ1) is 17.9. The molecule has 1 amide bonds. The Hall–Kier alpha value is -2.50. The summed E-state index contributed by atoms with van der Waals surface area (Å²) in [4.78, 5) is 17.4. The summed E-state index contributed by atoms with van der Waals surface area (Å²) >= 11 is 1.60. The monoisotopic (exact) mass is 377 g/mol. The van der Waals surface area contributed by atoms with Gasteiger partial charge < -0.3 is 10.6 Å². The van der Waals surface area contributed by atoms with Gasteiger partial charge in [-0.25, -0.2) is 4.98 Å². The number of piperidine rings is 1. The molecule has 1 saturated heterocycles. The number of benzene rings is 2. The number of anilines is 1. The van der Waals surface area contributed by atoms with Gasteiger partial charge >= 0.3 is 0 Å². The molecule has 0 saturated carbocycles. The van der Waals surface area contributed by atoms with Crippen LogP contribution in [-0.4, -0.2) is 24.0 Å². The Labute approximate surface area is 163 Å². The van der Waals surface area contributed by atoms with Gasteiger partial charge in [0.15, 0.2) is 0 Å². The number of nitrogens with one attached hydrogen (secondary N) is 2. The second-order valence-corrected chi connectivity index (χ2v) is 7.85. The number of nitrogens with zero attached hydrogens (tertiary/aromatic N) is 1. The minimum atomic E-state index is -0.147. The van der Waals surface area contributed by atoms with Gasteiger partial charge in [0.2, 0.25) is 0 Å². The minimum Gasteiger partial charge on any atom is -0.320 e. The van der Waals surface area contributed by atoms with Gasteiger partial charge in [-0.15, -0.1) is 11.3 Å². The number of hydrogen-bond donors (Lipinski definition) is 2. The maximum absolute atomic E-state index is 12.8. The van der Waals surface area contributed by atoms with Gasteiger partial charge in [0.05, 0.1) is 5.01 Å². The van der Waals surface area contributed by atoms with E-state index in [0.29, 0.717) is 11.6 Å². The summed E-state index contributed by atoms with van der Waals surface area (Å²) < 4.78 is 0. The van der Waals surface area contributed by atoms with E-state index < -0.39 is 0 Å². The second kappa shape index (κ2) is 8.03. The molecule has 138 valence electrons. The number of hydrogen-bond acceptors (Lipinski definition) is 4. The molecule has 2 aromatic carbocycles. The molecule has 0 aliphatic carbocycles. The van der Waals surface area contributed by atoms with E-state index in [9.17, 15) is 4.79 Å². The van der Waals surface area contributed by atoms with Crippen LogP contribution in [0.25, 0.3) is 11.1 Å². The molecule has 0 spiro atoms. The molecule has 1 aromatic heterocycles. The Morgan fingerprint density at radius 2 is 1.85 bits per heavy atom. The smallest absolute Gasteiger partial charge is 0.275 e. The molecule has 2 N–H and O–H groups in total. The van der Waals surface area contributed by atoms with E-state index in [0.717, 1.165) is 47.8 Å². The zero-order valence-electron chi connectivity index (χ0n) is 15.4. The molecule has 2 heterocycles. The molecular formula is C22H23N3OS. The average Bonchev–Trinajstić information content (AvgIpc) is 3.20. The number of carbonyl (C=O) groups is 1. The van der Waals surface area contributed by atoms with Gasteiger partial charge in [-0.1, -0.05) is 48.0 Å². The number of thiazole rings is 1. The fraction of sp³-hybridized carbons (Fsp3) is 0.273. The molecule has 27 heavy (non-hydrogen) atoms. The van der Waals surface area contributed by atoms with Crippen molar-refractivity contribution >= 4 is 22.9 Å². The first-order valence-electron chi connectivity index (χ1n) is 9.34. The summed E-state index contributed by atoms with van der Waals surface area (Å²) in [5, 5.41) is 9.37. The Bertz CT molecular complexity index is 927. The van der Waals surface area contributed by atoms with E-state index >= 15 is 0 Å². The van der Waals surface area contributed by atoms with E-state index in [1.165, 1.54) is 5.56 Å². The highest BCUT2D eigenvalue weighted by Gasteiger charge is 2.20. The first-order chi connectivity index (χ1) is 13.2. The Kier molecular flexibility index (Phi) is 5.32. The van der Waals surface area contributed by atoms with Crippen LogP contribution in [0.1, 0.15) is 39.8 Å². The Morgan fingerprint density at radius 3 is 2.63 bits per heavy atom. The number of carbonyl (C=O) groups excluding carboxylic acids is 1. The standard InChI is InChI=1S/C22H23N3OS/c1-15-6-8-16(9-7-15)18-4-2-3-5-19(18)24-21(26)20-14-27-22(25-20)17-10-12-23-13-11-17/h2-9,14,17,23H,10-13H2,1H3,(H,24,26). The predicted octanol–water partition coefficient (Wildman–Crippen LogP) is 4.84. The molecule has 1 aliphatic rings. The zero-order chi connectivity index (χ0) is 18.6. The molecule has 4 rings (SSSR count). The minimum absolute atomic E-state index is 0.147. The van der Waals surface area contributed by atoms with Gasteiger partial charge in [-0.3, -0.25) is 4.79 Å². The highest BCUT2D eigenvalue weighted by atomic mass is 32.1. The van der Waals surface area contributed by atoms with Crippen LogP contribution in [0.5, 0.6) is 0 Å². The molecule has 0 bridgehead atoms. The van der Waals surface area contributed by atoms with Crippen molar-refractivity contribution in [3.63, 3.8) is 0 Å². The van der Waals surface area contributed by atoms with Crippen LogP contribution in [0.15, 0.2) is 53.9 Å². The van der Waals surface area contributed by atoms with E-state index in [4.69, 9.17) is 0 Å². The van der Waals surface area contributed by atoms with Crippen LogP contribution in [0.3, 0.4) is 0 Å². The third-order valence-corrected chi connectivity index (χ3v) is 5.99. The summed E-state index contributed by atoms with van der Waals surface area (Å²) in [5.74, 6) is 0.323. The lowest BCUT2D eigenvalue weighted by Gasteiger charge is -2.20. The highest BCUT2D eigenvalue weighted by Crippen LogP contribution is 2.30. The van der Waals surface area contributed by atoms with Gasteiger partial charge in [0.25, 0.3) is 5.91 Å². The van der Waals surface area contributed by atoms with Crippen molar-refractivity contribution < 1.29 is 4.79 Å². The number of rotatable bonds is 4. The fourth-order valence-electron chi connectivity index (χ4n) is 3.41. The van der Waals surface area contributed by atoms with Crippen LogP contribution in [0.4, 0.5) is 5.69 Å². The maximum Gasteiger partial charge on any atom is 0.275 e. The van der Waals surface area contributed by atoms with E-state index in [-0.39, 0.29) is 5.91 Å². The lowest BCUT2D eigenvalue weighted by Crippen LogP contribution is -2.26. The van der Waals surface area contributed by atoms with Crippen molar-refractivity contribution in [2.75, 3.05) is 18.4 Å². The first-order valence-corrected chi connectivity index (χ1v) is 10.2. The molecule has 1 fully saturated rings. The summed E-state index contributed by atoms with van der Waals surface area (Å²) in [6.07, 6.45) is 2.18. The lowest BCUT2D eigenvalue weighted by molar-refractivity contribution is 0.102. The highest BCUT2D eigenvalue weighted by molar-refractivity contribution is 7.10. The second-order valence-electron chi connectivity index (χ2n) is 6.96. The van der Waals surface area contributed by atoms with E-state index in [1.807, 2.05) is 29.6 Å². The van der Waals surface area contributed by atoms with Crippen molar-refractivity contribution in [1.82, 2.24) is 10.3 Å². The third-order valence-electron chi connectivity index (χ3n) is 4.98. The summed E-state index contributed by atoms with van der Waals surface area (Å²) in [6.45, 7) is 4.12. The topological polar surface area (TPSA) is 54.0 Å². The van der Waals surface area contributed by atoms with E-state index in [2.05, 4.69) is 46.8 Å². The molecule has 0 radical (unpaired) electrons. The van der Waals surface area contributed by atoms with Crippen LogP contribution < -0.4 is 10.6 Å². The van der Waals surface area contributed by atoms with Gasteiger partial charge in [-0.2, -0.15) is 0 Å². The van der Waals surface area contributed by atoms with Crippen LogP contribution in [-0.2, 0) is 0 Å². The molecule has 3 aromatic rings. The number of para-hydroxylation sites is 1. The quantitative estimate of drug-likeness (QED) is 0.684. The summed E-state index contributed by atoms with van der Waals surface area (Å²) in [7, 11) is 0. The lowest BCUT2D eigenvalue weighted by atomic mass is 9.99.